The number of benzene rings is 2. The number of amides is 1. The van der Waals surface area contributed by atoms with Gasteiger partial charge in [0.25, 0.3) is 5.91 Å². The Bertz CT molecular complexity index is 1410. The largest absolute Gasteiger partial charge is 0.497 e. The summed E-state index contributed by atoms with van der Waals surface area (Å²) in [6, 6.07) is 9.63. The first-order valence-electron chi connectivity index (χ1n) is 12.0. The summed E-state index contributed by atoms with van der Waals surface area (Å²) in [7, 11) is -5.63. The summed E-state index contributed by atoms with van der Waals surface area (Å²) in [5, 5.41) is 6.77. The highest BCUT2D eigenvalue weighted by Crippen LogP contribution is 2.53. The van der Waals surface area contributed by atoms with Crippen LogP contribution in [0.25, 0.3) is 22.5 Å². The Hall–Kier alpha value is -2.81. The molecule has 0 fully saturated rings. The topological polar surface area (TPSA) is 135 Å². The molecule has 0 bridgehead atoms. The second-order valence-electron chi connectivity index (χ2n) is 8.16. The third kappa shape index (κ3) is 7.65. The van der Waals surface area contributed by atoms with Crippen molar-refractivity contribution < 1.29 is 41.3 Å². The van der Waals surface area contributed by atoms with Crippen molar-refractivity contribution in [3.63, 3.8) is 0 Å². The van der Waals surface area contributed by atoms with Crippen LogP contribution < -0.4 is 19.1 Å². The van der Waals surface area contributed by atoms with E-state index in [1.807, 2.05) is 0 Å². The van der Waals surface area contributed by atoms with Gasteiger partial charge in [-0.2, -0.15) is 0 Å². The maximum atomic E-state index is 13.1. The van der Waals surface area contributed by atoms with Crippen molar-refractivity contribution in [2.24, 2.45) is 0 Å². The number of halogens is 1. The number of nitrogens with zero attached hydrogens (tertiary/aromatic N) is 1. The zero-order valence-corrected chi connectivity index (χ0v) is 25.0. The number of nitrogens with one attached hydrogen (secondary N) is 1. The minimum atomic E-state index is -3.64. The standard InChI is InChI=1S/C25H31ClN2O9P2/c1-7-27-25(29)23-22(16-10-12-17(32-4)13-11-16)24(35-28-23)18-14-19(26)21(37-39(6,31)34-9-3)15-20(18)36-38(5,30)33-8-2/h10-15H,7-9H2,1-6H3,(H,27,29). The highest BCUT2D eigenvalue weighted by atomic mass is 35.5. The molecule has 0 saturated heterocycles. The molecule has 1 aromatic heterocycles. The molecule has 1 N–H and O–H groups in total. The second-order valence-corrected chi connectivity index (χ2v) is 12.5. The average Bonchev–Trinajstić information content (AvgIpc) is 3.30. The van der Waals surface area contributed by atoms with E-state index in [1.54, 1.807) is 45.0 Å². The molecule has 1 heterocycles. The average molecular weight is 601 g/mol. The van der Waals surface area contributed by atoms with Crippen LogP contribution in [0.15, 0.2) is 40.9 Å². The Labute approximate surface area is 232 Å². The zero-order chi connectivity index (χ0) is 28.8. The monoisotopic (exact) mass is 600 g/mol. The fourth-order valence-electron chi connectivity index (χ4n) is 3.64. The fourth-order valence-corrected chi connectivity index (χ4v) is 5.95. The summed E-state index contributed by atoms with van der Waals surface area (Å²) in [6.45, 7) is 8.34. The molecule has 2 aromatic carbocycles. The van der Waals surface area contributed by atoms with Gasteiger partial charge in [-0.15, -0.1) is 0 Å². The summed E-state index contributed by atoms with van der Waals surface area (Å²) in [4.78, 5) is 12.9. The van der Waals surface area contributed by atoms with Gasteiger partial charge in [0.2, 0.25) is 0 Å². The number of carbonyl (C=O) groups is 1. The highest BCUT2D eigenvalue weighted by Gasteiger charge is 2.30. The van der Waals surface area contributed by atoms with E-state index in [0.717, 1.165) is 0 Å². The summed E-state index contributed by atoms with van der Waals surface area (Å²) >= 11 is 6.53. The van der Waals surface area contributed by atoms with E-state index in [4.69, 9.17) is 39.0 Å². The van der Waals surface area contributed by atoms with Gasteiger partial charge in [-0.05, 0) is 44.5 Å². The lowest BCUT2D eigenvalue weighted by Crippen LogP contribution is -2.23. The van der Waals surface area contributed by atoms with Crippen molar-refractivity contribution in [2.45, 2.75) is 20.8 Å². The van der Waals surface area contributed by atoms with E-state index >= 15 is 0 Å². The number of hydrogen-bond acceptors (Lipinski definition) is 10. The molecule has 1 amide bonds. The molecule has 39 heavy (non-hydrogen) atoms. The van der Waals surface area contributed by atoms with Crippen LogP contribution in [0, 0.1) is 0 Å². The van der Waals surface area contributed by atoms with E-state index in [0.29, 0.717) is 23.4 Å². The Balaban J connectivity index is 2.27. The number of hydrogen-bond donors (Lipinski definition) is 1. The Morgan fingerprint density at radius 1 is 0.974 bits per heavy atom. The molecule has 14 heteroatoms. The summed E-state index contributed by atoms with van der Waals surface area (Å²) in [5.74, 6) is 0.169. The van der Waals surface area contributed by atoms with Gasteiger partial charge < -0.3 is 32.7 Å². The third-order valence-electron chi connectivity index (χ3n) is 5.16. The second kappa shape index (κ2) is 13.0. The van der Waals surface area contributed by atoms with Gasteiger partial charge in [0.1, 0.15) is 11.5 Å². The van der Waals surface area contributed by atoms with Crippen LogP contribution in [-0.2, 0) is 18.2 Å². The normalized spacial score (nSPS) is 14.2. The highest BCUT2D eigenvalue weighted by molar-refractivity contribution is 7.53. The van der Waals surface area contributed by atoms with Crippen molar-refractivity contribution in [1.82, 2.24) is 10.5 Å². The molecule has 0 aliphatic rings. The van der Waals surface area contributed by atoms with E-state index < -0.39 is 21.1 Å². The smallest absolute Gasteiger partial charge is 0.376 e. The van der Waals surface area contributed by atoms with Crippen LogP contribution in [0.2, 0.25) is 5.02 Å². The fraction of sp³-hybridized carbons (Fsp3) is 0.360. The number of methoxy groups -OCH3 is 1. The summed E-state index contributed by atoms with van der Waals surface area (Å²) < 4.78 is 58.6. The minimum Gasteiger partial charge on any atom is -0.497 e. The van der Waals surface area contributed by atoms with Crippen molar-refractivity contribution in [3.8, 4) is 39.7 Å². The van der Waals surface area contributed by atoms with Crippen LogP contribution in [0.5, 0.6) is 17.2 Å². The molecular formula is C25H31ClN2O9P2. The van der Waals surface area contributed by atoms with Gasteiger partial charge in [-0.3, -0.25) is 4.79 Å². The van der Waals surface area contributed by atoms with Crippen molar-refractivity contribution in [2.75, 3.05) is 40.2 Å². The van der Waals surface area contributed by atoms with Gasteiger partial charge in [-0.25, -0.2) is 9.13 Å². The molecular weight excluding hydrogens is 570 g/mol. The molecule has 2 atom stereocenters. The molecule has 0 saturated carbocycles. The van der Waals surface area contributed by atoms with Gasteiger partial charge in [0.05, 0.1) is 36.5 Å². The van der Waals surface area contributed by atoms with Crippen molar-refractivity contribution >= 4 is 32.7 Å². The maximum absolute atomic E-state index is 13.1. The molecule has 3 rings (SSSR count). The van der Waals surface area contributed by atoms with Crippen LogP contribution in [0.3, 0.4) is 0 Å². The van der Waals surface area contributed by atoms with Crippen LogP contribution in [0.4, 0.5) is 0 Å². The third-order valence-corrected chi connectivity index (χ3v) is 7.96. The first-order chi connectivity index (χ1) is 18.4. The van der Waals surface area contributed by atoms with Crippen molar-refractivity contribution in [1.29, 1.82) is 0 Å². The number of rotatable bonds is 13. The summed E-state index contributed by atoms with van der Waals surface area (Å²) in [5.41, 5.74) is 1.12. The quantitative estimate of drug-likeness (QED) is 0.206. The minimum absolute atomic E-state index is 0.0123. The molecule has 0 aliphatic heterocycles. The Morgan fingerprint density at radius 3 is 2.10 bits per heavy atom. The van der Waals surface area contributed by atoms with E-state index in [9.17, 15) is 13.9 Å². The molecule has 11 nitrogen and oxygen atoms in total. The molecule has 212 valence electrons. The number of ether oxygens (including phenoxy) is 1. The number of aromatic nitrogens is 1. The van der Waals surface area contributed by atoms with E-state index in [2.05, 4.69) is 10.5 Å². The van der Waals surface area contributed by atoms with Crippen LogP contribution in [0.1, 0.15) is 31.3 Å². The molecule has 0 spiro atoms. The molecule has 0 aliphatic carbocycles. The Morgan fingerprint density at radius 2 is 1.56 bits per heavy atom. The lowest BCUT2D eigenvalue weighted by atomic mass is 9.98. The molecule has 0 radical (unpaired) electrons. The predicted molar refractivity (Wildman–Crippen MR) is 149 cm³/mol. The first kappa shape index (κ1) is 30.7. The zero-order valence-electron chi connectivity index (χ0n) is 22.5. The van der Waals surface area contributed by atoms with E-state index in [1.165, 1.54) is 32.6 Å². The SMILES string of the molecule is CCNC(=O)c1noc(-c2cc(Cl)c(OP(C)(=O)OCC)cc2OP(C)(=O)OCC)c1-c1ccc(OC)cc1. The lowest BCUT2D eigenvalue weighted by molar-refractivity contribution is 0.0947. The van der Waals surface area contributed by atoms with Crippen LogP contribution >= 0.6 is 26.8 Å². The molecule has 3 aromatic rings. The van der Waals surface area contributed by atoms with Gasteiger partial charge in [-0.1, -0.05) is 28.9 Å². The summed E-state index contributed by atoms with van der Waals surface area (Å²) in [6.07, 6.45) is 0. The number of carbonyl (C=O) groups excluding carboxylic acids is 1. The predicted octanol–water partition coefficient (Wildman–Crippen LogP) is 6.90. The molecule has 2 unspecified atom stereocenters. The van der Waals surface area contributed by atoms with Crippen molar-refractivity contribution in [3.05, 3.63) is 47.1 Å². The maximum Gasteiger partial charge on any atom is 0.376 e. The lowest BCUT2D eigenvalue weighted by Gasteiger charge is -2.20. The van der Waals surface area contributed by atoms with Crippen LogP contribution in [-0.4, -0.2) is 51.3 Å². The van der Waals surface area contributed by atoms with Gasteiger partial charge in [0, 0.05) is 25.9 Å². The first-order valence-corrected chi connectivity index (χ1v) is 16.4. The van der Waals surface area contributed by atoms with E-state index in [-0.39, 0.29) is 46.8 Å². The Kier molecular flexibility index (Phi) is 10.3. The van der Waals surface area contributed by atoms with Gasteiger partial charge in [0.15, 0.2) is 17.2 Å². The van der Waals surface area contributed by atoms with Gasteiger partial charge >= 0.3 is 15.2 Å².